The molecule has 1 rings (SSSR count). The summed E-state index contributed by atoms with van der Waals surface area (Å²) in [6, 6.07) is 0.147. The molecule has 14 heavy (non-hydrogen) atoms. The maximum absolute atomic E-state index is 5.37. The van der Waals surface area contributed by atoms with Crippen LogP contribution in [0.5, 0.6) is 0 Å². The monoisotopic (exact) mass is 195 g/mol. The highest BCUT2D eigenvalue weighted by Crippen LogP contribution is 2.08. The van der Waals surface area contributed by atoms with Gasteiger partial charge in [0.15, 0.2) is 0 Å². The summed E-state index contributed by atoms with van der Waals surface area (Å²) in [5, 5.41) is 3.31. The van der Waals surface area contributed by atoms with Crippen LogP contribution in [0.4, 0.5) is 0 Å². The van der Waals surface area contributed by atoms with Gasteiger partial charge in [-0.2, -0.15) is 0 Å². The highest BCUT2D eigenvalue weighted by molar-refractivity contribution is 5.02. The van der Waals surface area contributed by atoms with Crippen molar-refractivity contribution in [3.8, 4) is 0 Å². The molecule has 0 aliphatic carbocycles. The first-order valence-corrected chi connectivity index (χ1v) is 4.95. The molecule has 0 aliphatic heterocycles. The van der Waals surface area contributed by atoms with Gasteiger partial charge in [0.2, 0.25) is 0 Å². The number of rotatable bonds is 6. The largest absolute Gasteiger partial charge is 0.380 e. The third-order valence-electron chi connectivity index (χ3n) is 1.88. The number of nitrogens with one attached hydrogen (secondary N) is 1. The van der Waals surface area contributed by atoms with E-state index >= 15 is 0 Å². The molecule has 0 bridgehead atoms. The summed E-state index contributed by atoms with van der Waals surface area (Å²) >= 11 is 0. The second-order valence-electron chi connectivity index (χ2n) is 2.90. The van der Waals surface area contributed by atoms with Crippen LogP contribution in [-0.4, -0.2) is 29.7 Å². The van der Waals surface area contributed by atoms with E-state index in [0.29, 0.717) is 6.61 Å². The molecular weight excluding hydrogens is 178 g/mol. The van der Waals surface area contributed by atoms with E-state index in [4.69, 9.17) is 4.74 Å². The standard InChI is InChI=1S/C10H17N3O/c1-3-12-10(8-14-4-2)9-7-11-5-6-13-9/h5-7,10,12H,3-4,8H2,1-2H3. The Bertz CT molecular complexity index is 240. The van der Waals surface area contributed by atoms with Gasteiger partial charge in [0.1, 0.15) is 0 Å². The zero-order valence-corrected chi connectivity index (χ0v) is 8.73. The summed E-state index contributed by atoms with van der Waals surface area (Å²) in [7, 11) is 0. The van der Waals surface area contributed by atoms with Gasteiger partial charge in [0, 0.05) is 19.0 Å². The quantitative estimate of drug-likeness (QED) is 0.740. The topological polar surface area (TPSA) is 47.0 Å². The smallest absolute Gasteiger partial charge is 0.0779 e. The minimum atomic E-state index is 0.147. The van der Waals surface area contributed by atoms with Crippen molar-refractivity contribution in [3.63, 3.8) is 0 Å². The van der Waals surface area contributed by atoms with Gasteiger partial charge in [-0.05, 0) is 13.5 Å². The van der Waals surface area contributed by atoms with Crippen LogP contribution in [0.25, 0.3) is 0 Å². The maximum atomic E-state index is 5.37. The molecule has 0 fully saturated rings. The van der Waals surface area contributed by atoms with Crippen LogP contribution < -0.4 is 5.32 Å². The Hall–Kier alpha value is -1.00. The van der Waals surface area contributed by atoms with E-state index in [1.807, 2.05) is 6.92 Å². The molecule has 0 spiro atoms. The molecule has 1 heterocycles. The molecule has 4 nitrogen and oxygen atoms in total. The molecule has 0 amide bonds. The Kier molecular flexibility index (Phi) is 5.11. The van der Waals surface area contributed by atoms with Crippen molar-refractivity contribution in [1.29, 1.82) is 0 Å². The zero-order valence-electron chi connectivity index (χ0n) is 8.73. The Morgan fingerprint density at radius 3 is 2.86 bits per heavy atom. The van der Waals surface area contributed by atoms with Crippen LogP contribution in [0, 0.1) is 0 Å². The average molecular weight is 195 g/mol. The number of hydrogen-bond acceptors (Lipinski definition) is 4. The van der Waals surface area contributed by atoms with Crippen molar-refractivity contribution in [2.45, 2.75) is 19.9 Å². The van der Waals surface area contributed by atoms with E-state index in [0.717, 1.165) is 18.8 Å². The molecule has 0 radical (unpaired) electrons. The molecule has 1 N–H and O–H groups in total. The Labute approximate surface area is 84.7 Å². The molecule has 1 atom stereocenters. The van der Waals surface area contributed by atoms with Gasteiger partial charge in [0.25, 0.3) is 0 Å². The minimum absolute atomic E-state index is 0.147. The van der Waals surface area contributed by atoms with Gasteiger partial charge < -0.3 is 10.1 Å². The Balaban J connectivity index is 2.58. The molecule has 4 heteroatoms. The van der Waals surface area contributed by atoms with Gasteiger partial charge in [-0.25, -0.2) is 0 Å². The van der Waals surface area contributed by atoms with E-state index in [1.54, 1.807) is 18.6 Å². The lowest BCUT2D eigenvalue weighted by molar-refractivity contribution is 0.122. The van der Waals surface area contributed by atoms with Crippen LogP contribution >= 0.6 is 0 Å². The van der Waals surface area contributed by atoms with E-state index in [-0.39, 0.29) is 6.04 Å². The van der Waals surface area contributed by atoms with Crippen molar-refractivity contribution >= 4 is 0 Å². The fourth-order valence-corrected chi connectivity index (χ4v) is 1.22. The van der Waals surface area contributed by atoms with Gasteiger partial charge in [0.05, 0.1) is 24.5 Å². The van der Waals surface area contributed by atoms with Crippen molar-refractivity contribution in [1.82, 2.24) is 15.3 Å². The Morgan fingerprint density at radius 1 is 1.43 bits per heavy atom. The fraction of sp³-hybridized carbons (Fsp3) is 0.600. The van der Waals surface area contributed by atoms with Gasteiger partial charge >= 0.3 is 0 Å². The second-order valence-corrected chi connectivity index (χ2v) is 2.90. The molecule has 1 aromatic heterocycles. The number of nitrogens with zero attached hydrogens (tertiary/aromatic N) is 2. The molecule has 78 valence electrons. The third kappa shape index (κ3) is 3.40. The lowest BCUT2D eigenvalue weighted by Gasteiger charge is -2.16. The SMILES string of the molecule is CCNC(COCC)c1cnccn1. The third-order valence-corrected chi connectivity index (χ3v) is 1.88. The average Bonchev–Trinajstić information content (AvgIpc) is 2.25. The second kappa shape index (κ2) is 6.45. The molecule has 0 aliphatic rings. The first kappa shape index (κ1) is 11.1. The number of ether oxygens (including phenoxy) is 1. The molecule has 0 saturated heterocycles. The Morgan fingerprint density at radius 2 is 2.29 bits per heavy atom. The summed E-state index contributed by atoms with van der Waals surface area (Å²) in [6.07, 6.45) is 5.14. The van der Waals surface area contributed by atoms with Gasteiger partial charge in [-0.3, -0.25) is 9.97 Å². The van der Waals surface area contributed by atoms with Crippen molar-refractivity contribution in [2.75, 3.05) is 19.8 Å². The van der Waals surface area contributed by atoms with E-state index < -0.39 is 0 Å². The lowest BCUT2D eigenvalue weighted by Crippen LogP contribution is -2.26. The summed E-state index contributed by atoms with van der Waals surface area (Å²) < 4.78 is 5.37. The van der Waals surface area contributed by atoms with Crippen molar-refractivity contribution in [3.05, 3.63) is 24.3 Å². The van der Waals surface area contributed by atoms with Crippen LogP contribution in [0.2, 0.25) is 0 Å². The highest BCUT2D eigenvalue weighted by Gasteiger charge is 2.10. The van der Waals surface area contributed by atoms with Gasteiger partial charge in [-0.1, -0.05) is 6.92 Å². The van der Waals surface area contributed by atoms with Crippen LogP contribution in [0.15, 0.2) is 18.6 Å². The summed E-state index contributed by atoms with van der Waals surface area (Å²) in [4.78, 5) is 8.28. The van der Waals surface area contributed by atoms with E-state index in [2.05, 4.69) is 22.2 Å². The van der Waals surface area contributed by atoms with Crippen molar-refractivity contribution in [2.24, 2.45) is 0 Å². The molecular formula is C10H17N3O. The first-order chi connectivity index (χ1) is 6.88. The molecule has 0 saturated carbocycles. The predicted octanol–water partition coefficient (Wildman–Crippen LogP) is 1.16. The molecule has 0 aromatic carbocycles. The fourth-order valence-electron chi connectivity index (χ4n) is 1.22. The highest BCUT2D eigenvalue weighted by atomic mass is 16.5. The van der Waals surface area contributed by atoms with E-state index in [1.165, 1.54) is 0 Å². The molecule has 1 aromatic rings. The maximum Gasteiger partial charge on any atom is 0.0779 e. The van der Waals surface area contributed by atoms with E-state index in [9.17, 15) is 0 Å². The van der Waals surface area contributed by atoms with Crippen LogP contribution in [-0.2, 0) is 4.74 Å². The summed E-state index contributed by atoms with van der Waals surface area (Å²) in [5.41, 5.74) is 0.933. The normalized spacial score (nSPS) is 12.7. The number of likely N-dealkylation sites (N-methyl/N-ethyl adjacent to an activating group) is 1. The van der Waals surface area contributed by atoms with Crippen LogP contribution in [0.1, 0.15) is 25.6 Å². The summed E-state index contributed by atoms with van der Waals surface area (Å²) in [6.45, 7) is 6.31. The number of hydrogen-bond donors (Lipinski definition) is 1. The summed E-state index contributed by atoms with van der Waals surface area (Å²) in [5.74, 6) is 0. The zero-order chi connectivity index (χ0) is 10.2. The number of aromatic nitrogens is 2. The molecule has 1 unspecified atom stereocenters. The minimum Gasteiger partial charge on any atom is -0.380 e. The van der Waals surface area contributed by atoms with Crippen LogP contribution in [0.3, 0.4) is 0 Å². The van der Waals surface area contributed by atoms with Crippen molar-refractivity contribution < 1.29 is 4.74 Å². The predicted molar refractivity (Wildman–Crippen MR) is 54.9 cm³/mol. The lowest BCUT2D eigenvalue weighted by atomic mass is 10.2. The van der Waals surface area contributed by atoms with Gasteiger partial charge in [-0.15, -0.1) is 0 Å². The first-order valence-electron chi connectivity index (χ1n) is 4.95.